The molecule has 0 amide bonds. The lowest BCUT2D eigenvalue weighted by molar-refractivity contribution is -0.143. The van der Waals surface area contributed by atoms with E-state index in [2.05, 4.69) is 11.2 Å². The summed E-state index contributed by atoms with van der Waals surface area (Å²) in [6, 6.07) is 1.44. The molecule has 1 rings (SSSR count). The molecule has 0 aliphatic rings. The summed E-state index contributed by atoms with van der Waals surface area (Å²) < 4.78 is 75.9. The van der Waals surface area contributed by atoms with E-state index >= 15 is 0 Å². The topological polar surface area (TPSA) is 12.0 Å². The van der Waals surface area contributed by atoms with Crippen molar-refractivity contribution in [3.8, 4) is 12.3 Å². The maximum absolute atomic E-state index is 12.7. The second-order valence-corrected chi connectivity index (χ2v) is 5.04. The predicted molar refractivity (Wildman–Crippen MR) is 66.2 cm³/mol. The molecule has 0 bridgehead atoms. The van der Waals surface area contributed by atoms with Gasteiger partial charge in [-0.1, -0.05) is 5.92 Å². The van der Waals surface area contributed by atoms with Gasteiger partial charge in [0.05, 0.1) is 16.7 Å². The molecule has 1 aromatic rings. The van der Waals surface area contributed by atoms with Crippen LogP contribution in [0, 0.1) is 12.3 Å². The summed E-state index contributed by atoms with van der Waals surface area (Å²) in [5.74, 6) is 2.35. The minimum atomic E-state index is -4.85. The summed E-state index contributed by atoms with van der Waals surface area (Å²) in [4.78, 5) is 0. The SMILES string of the molecule is C#CC(C)(C)NCc1cc(C(F)(F)F)cc(C(F)(F)F)c1. The number of hydrogen-bond donors (Lipinski definition) is 1. The molecule has 0 saturated heterocycles. The van der Waals surface area contributed by atoms with Crippen LogP contribution >= 0.6 is 0 Å². The van der Waals surface area contributed by atoms with Gasteiger partial charge in [-0.25, -0.2) is 0 Å². The Kier molecular flexibility index (Phi) is 4.63. The molecule has 0 aliphatic carbocycles. The minimum Gasteiger partial charge on any atom is -0.298 e. The molecule has 21 heavy (non-hydrogen) atoms. The number of halogens is 6. The first-order chi connectivity index (χ1) is 9.35. The third-order valence-corrected chi connectivity index (χ3v) is 2.74. The molecular formula is C14H13F6N. The van der Waals surface area contributed by atoms with E-state index < -0.39 is 29.0 Å². The summed E-state index contributed by atoms with van der Waals surface area (Å²) in [6.07, 6.45) is -4.50. The molecule has 0 saturated carbocycles. The molecule has 0 spiro atoms. The lowest BCUT2D eigenvalue weighted by Gasteiger charge is -2.21. The molecule has 116 valence electrons. The normalized spacial score (nSPS) is 13.1. The van der Waals surface area contributed by atoms with Crippen LogP contribution in [0.1, 0.15) is 30.5 Å². The Balaban J connectivity index is 3.18. The van der Waals surface area contributed by atoms with Gasteiger partial charge in [-0.05, 0) is 37.6 Å². The van der Waals surface area contributed by atoms with Crippen LogP contribution in [0.2, 0.25) is 0 Å². The van der Waals surface area contributed by atoms with Gasteiger partial charge in [0, 0.05) is 6.54 Å². The van der Waals surface area contributed by atoms with Crippen molar-refractivity contribution >= 4 is 0 Å². The molecular weight excluding hydrogens is 296 g/mol. The van der Waals surface area contributed by atoms with Gasteiger partial charge in [0.2, 0.25) is 0 Å². The molecule has 0 atom stereocenters. The molecule has 1 N–H and O–H groups in total. The third-order valence-electron chi connectivity index (χ3n) is 2.74. The number of terminal acetylenes is 1. The van der Waals surface area contributed by atoms with Crippen molar-refractivity contribution in [2.24, 2.45) is 0 Å². The standard InChI is InChI=1S/C14H13F6N/c1-4-12(2,3)21-8-9-5-10(13(15,16)17)7-11(6-9)14(18,19)20/h1,5-7,21H,8H2,2-3H3. The lowest BCUT2D eigenvalue weighted by atomic mass is 10.0. The van der Waals surface area contributed by atoms with Gasteiger partial charge in [0.15, 0.2) is 0 Å². The fourth-order valence-corrected chi connectivity index (χ4v) is 1.50. The molecule has 1 aromatic carbocycles. The summed E-state index contributed by atoms with van der Waals surface area (Å²) in [6.45, 7) is 2.97. The van der Waals surface area contributed by atoms with Gasteiger partial charge in [0.1, 0.15) is 0 Å². The Morgan fingerprint density at radius 2 is 1.38 bits per heavy atom. The molecule has 0 heterocycles. The van der Waals surface area contributed by atoms with Gasteiger partial charge < -0.3 is 0 Å². The molecule has 0 aliphatic heterocycles. The van der Waals surface area contributed by atoms with E-state index in [9.17, 15) is 26.3 Å². The van der Waals surface area contributed by atoms with Crippen molar-refractivity contribution in [3.05, 3.63) is 34.9 Å². The Morgan fingerprint density at radius 1 is 0.952 bits per heavy atom. The van der Waals surface area contributed by atoms with Crippen LogP contribution in [-0.2, 0) is 18.9 Å². The largest absolute Gasteiger partial charge is 0.416 e. The monoisotopic (exact) mass is 309 g/mol. The second kappa shape index (κ2) is 5.60. The van der Waals surface area contributed by atoms with E-state index in [0.29, 0.717) is 12.1 Å². The van der Waals surface area contributed by atoms with Crippen LogP contribution in [0.4, 0.5) is 26.3 Å². The molecule has 0 fully saturated rings. The van der Waals surface area contributed by atoms with Crippen molar-refractivity contribution in [1.82, 2.24) is 5.32 Å². The zero-order valence-electron chi connectivity index (χ0n) is 11.3. The van der Waals surface area contributed by atoms with Crippen molar-refractivity contribution in [2.75, 3.05) is 0 Å². The van der Waals surface area contributed by atoms with Gasteiger partial charge in [0.25, 0.3) is 0 Å². The summed E-state index contributed by atoms with van der Waals surface area (Å²) in [5.41, 5.74) is -3.66. The van der Waals surface area contributed by atoms with Crippen molar-refractivity contribution < 1.29 is 26.3 Å². The highest BCUT2D eigenvalue weighted by molar-refractivity contribution is 5.33. The quantitative estimate of drug-likeness (QED) is 0.651. The number of alkyl halides is 6. The summed E-state index contributed by atoms with van der Waals surface area (Å²) in [7, 11) is 0. The zero-order valence-corrected chi connectivity index (χ0v) is 11.3. The van der Waals surface area contributed by atoms with Crippen molar-refractivity contribution in [1.29, 1.82) is 0 Å². The van der Waals surface area contributed by atoms with E-state index in [-0.39, 0.29) is 18.2 Å². The van der Waals surface area contributed by atoms with E-state index in [1.165, 1.54) is 0 Å². The van der Waals surface area contributed by atoms with E-state index in [4.69, 9.17) is 6.42 Å². The molecule has 0 aromatic heterocycles. The van der Waals surface area contributed by atoms with Gasteiger partial charge in [-0.2, -0.15) is 26.3 Å². The molecule has 0 radical (unpaired) electrons. The number of hydrogen-bond acceptors (Lipinski definition) is 1. The van der Waals surface area contributed by atoms with Crippen LogP contribution in [0.5, 0.6) is 0 Å². The maximum Gasteiger partial charge on any atom is 0.416 e. The van der Waals surface area contributed by atoms with Gasteiger partial charge in [-0.15, -0.1) is 6.42 Å². The molecule has 0 unspecified atom stereocenters. The number of nitrogens with one attached hydrogen (secondary N) is 1. The Bertz CT molecular complexity index is 516. The van der Waals surface area contributed by atoms with Crippen LogP contribution in [-0.4, -0.2) is 5.54 Å². The first-order valence-electron chi connectivity index (χ1n) is 5.86. The highest BCUT2D eigenvalue weighted by Gasteiger charge is 2.36. The van der Waals surface area contributed by atoms with Crippen molar-refractivity contribution in [3.63, 3.8) is 0 Å². The second-order valence-electron chi connectivity index (χ2n) is 5.04. The maximum atomic E-state index is 12.7. The fraction of sp³-hybridized carbons (Fsp3) is 0.429. The Morgan fingerprint density at radius 3 is 1.71 bits per heavy atom. The highest BCUT2D eigenvalue weighted by atomic mass is 19.4. The number of benzene rings is 1. The van der Waals surface area contributed by atoms with Crippen LogP contribution < -0.4 is 5.32 Å². The Hall–Kier alpha value is -1.68. The average molecular weight is 309 g/mol. The van der Waals surface area contributed by atoms with Crippen LogP contribution in [0.25, 0.3) is 0 Å². The van der Waals surface area contributed by atoms with Crippen LogP contribution in [0.3, 0.4) is 0 Å². The molecule has 7 heteroatoms. The van der Waals surface area contributed by atoms with E-state index in [0.717, 1.165) is 0 Å². The highest BCUT2D eigenvalue weighted by Crippen LogP contribution is 2.36. The smallest absolute Gasteiger partial charge is 0.298 e. The Labute approximate surface area is 118 Å². The number of rotatable bonds is 3. The first-order valence-corrected chi connectivity index (χ1v) is 5.86. The van der Waals surface area contributed by atoms with Gasteiger partial charge in [-0.3, -0.25) is 5.32 Å². The van der Waals surface area contributed by atoms with E-state index in [1.807, 2.05) is 0 Å². The fourth-order valence-electron chi connectivity index (χ4n) is 1.50. The third kappa shape index (κ3) is 4.97. The summed E-state index contributed by atoms with van der Waals surface area (Å²) in [5, 5.41) is 2.71. The lowest BCUT2D eigenvalue weighted by Crippen LogP contribution is -2.37. The van der Waals surface area contributed by atoms with Crippen molar-refractivity contribution in [2.45, 2.75) is 38.3 Å². The minimum absolute atomic E-state index is 0.0931. The zero-order chi connectivity index (χ0) is 16.5. The average Bonchev–Trinajstić information content (AvgIpc) is 2.34. The summed E-state index contributed by atoms with van der Waals surface area (Å²) >= 11 is 0. The van der Waals surface area contributed by atoms with Gasteiger partial charge >= 0.3 is 12.4 Å². The van der Waals surface area contributed by atoms with E-state index in [1.54, 1.807) is 13.8 Å². The van der Waals surface area contributed by atoms with Crippen LogP contribution in [0.15, 0.2) is 18.2 Å². The first kappa shape index (κ1) is 17.4. The molecule has 1 nitrogen and oxygen atoms in total. The predicted octanol–water partition coefficient (Wildman–Crippen LogP) is 4.23.